The Morgan fingerprint density at radius 2 is 1.91 bits per heavy atom. The lowest BCUT2D eigenvalue weighted by molar-refractivity contribution is -0.167. The summed E-state index contributed by atoms with van der Waals surface area (Å²) in [4.78, 5) is 23.2. The third kappa shape index (κ3) is 4.94. The third-order valence-electron chi connectivity index (χ3n) is 2.65. The summed E-state index contributed by atoms with van der Waals surface area (Å²) in [5, 5.41) is 1.75. The maximum atomic E-state index is 12.2. The van der Waals surface area contributed by atoms with Gasteiger partial charge >= 0.3 is 12.1 Å². The summed E-state index contributed by atoms with van der Waals surface area (Å²) in [6, 6.07) is 8.89. The van der Waals surface area contributed by atoms with Crippen LogP contribution in [0.25, 0.3) is 6.08 Å². The van der Waals surface area contributed by atoms with E-state index in [0.29, 0.717) is 14.8 Å². The van der Waals surface area contributed by atoms with Gasteiger partial charge in [0.2, 0.25) is 0 Å². The molecule has 0 fully saturated rings. The van der Waals surface area contributed by atoms with E-state index >= 15 is 0 Å². The molecule has 0 atom stereocenters. The van der Waals surface area contributed by atoms with Crippen molar-refractivity contribution in [3.63, 3.8) is 0 Å². The molecule has 0 aliphatic rings. The highest BCUT2D eigenvalue weighted by Gasteiger charge is 2.38. The average molecular weight is 360 g/mol. The lowest BCUT2D eigenvalue weighted by Gasteiger charge is -2.08. The van der Waals surface area contributed by atoms with E-state index < -0.39 is 12.1 Å². The minimum absolute atomic E-state index is 0.0129. The molecule has 0 saturated heterocycles. The molecule has 2 rings (SSSR count). The number of alkyl halides is 3. The molecule has 1 heterocycles. The van der Waals surface area contributed by atoms with Crippen molar-refractivity contribution >= 4 is 46.4 Å². The molecule has 1 aromatic carbocycles. The maximum Gasteiger partial charge on any atom is 0.471 e. The summed E-state index contributed by atoms with van der Waals surface area (Å²) in [7, 11) is 0. The van der Waals surface area contributed by atoms with E-state index in [1.165, 1.54) is 30.4 Å². The highest BCUT2D eigenvalue weighted by atomic mass is 35.5. The Kier molecular flexibility index (Phi) is 5.23. The molecular formula is C15H9ClF3NO2S. The molecule has 2 aromatic rings. The number of anilines is 1. The number of carbonyl (C=O) groups is 2. The zero-order valence-corrected chi connectivity index (χ0v) is 12.9. The van der Waals surface area contributed by atoms with Gasteiger partial charge in [-0.15, -0.1) is 11.3 Å². The minimum atomic E-state index is -4.96. The normalized spacial score (nSPS) is 11.7. The molecule has 0 spiro atoms. The highest BCUT2D eigenvalue weighted by molar-refractivity contribution is 7.18. The summed E-state index contributed by atoms with van der Waals surface area (Å²) in [5.41, 5.74) is 0.460. The van der Waals surface area contributed by atoms with Gasteiger partial charge in [0.15, 0.2) is 5.78 Å². The van der Waals surface area contributed by atoms with Crippen LogP contribution in [0.1, 0.15) is 15.2 Å². The number of halogens is 4. The van der Waals surface area contributed by atoms with Gasteiger partial charge in [0.05, 0.1) is 9.21 Å². The molecule has 8 heteroatoms. The smallest absolute Gasteiger partial charge is 0.318 e. The van der Waals surface area contributed by atoms with Gasteiger partial charge in [-0.05, 0) is 35.9 Å². The van der Waals surface area contributed by atoms with Crippen LogP contribution in [0.3, 0.4) is 0 Å². The van der Waals surface area contributed by atoms with E-state index in [0.717, 1.165) is 11.3 Å². The largest absolute Gasteiger partial charge is 0.471 e. The second kappa shape index (κ2) is 6.97. The minimum Gasteiger partial charge on any atom is -0.318 e. The lowest BCUT2D eigenvalue weighted by atomic mass is 10.1. The maximum absolute atomic E-state index is 12.2. The summed E-state index contributed by atoms with van der Waals surface area (Å²) < 4.78 is 37.1. The molecule has 0 unspecified atom stereocenters. The summed E-state index contributed by atoms with van der Waals surface area (Å²) in [6.07, 6.45) is -2.23. The first-order valence-electron chi connectivity index (χ1n) is 6.22. The predicted octanol–water partition coefficient (Wildman–Crippen LogP) is 4.80. The molecule has 23 heavy (non-hydrogen) atoms. The van der Waals surface area contributed by atoms with Crippen molar-refractivity contribution in [2.75, 3.05) is 5.32 Å². The van der Waals surface area contributed by atoms with Crippen LogP contribution in [0.5, 0.6) is 0 Å². The zero-order chi connectivity index (χ0) is 17.0. The molecule has 0 aliphatic heterocycles. The lowest BCUT2D eigenvalue weighted by Crippen LogP contribution is -2.29. The Balaban J connectivity index is 2.09. The molecule has 0 bridgehead atoms. The number of carbonyl (C=O) groups excluding carboxylic acids is 2. The number of rotatable bonds is 4. The number of ketones is 1. The third-order valence-corrected chi connectivity index (χ3v) is 3.89. The predicted molar refractivity (Wildman–Crippen MR) is 83.8 cm³/mol. The van der Waals surface area contributed by atoms with Crippen molar-refractivity contribution in [2.24, 2.45) is 0 Å². The van der Waals surface area contributed by atoms with E-state index in [1.807, 2.05) is 0 Å². The molecule has 0 radical (unpaired) electrons. The fraction of sp³-hybridized carbons (Fsp3) is 0.0667. The molecule has 1 N–H and O–H groups in total. The van der Waals surface area contributed by atoms with E-state index in [4.69, 9.17) is 11.6 Å². The zero-order valence-electron chi connectivity index (χ0n) is 11.4. The van der Waals surface area contributed by atoms with Crippen molar-refractivity contribution in [1.82, 2.24) is 0 Å². The van der Waals surface area contributed by atoms with Crippen molar-refractivity contribution in [1.29, 1.82) is 0 Å². The van der Waals surface area contributed by atoms with Gasteiger partial charge in [-0.2, -0.15) is 13.2 Å². The Bertz CT molecular complexity index is 768. The van der Waals surface area contributed by atoms with Gasteiger partial charge in [-0.25, -0.2) is 0 Å². The standard InChI is InChI=1S/C15H9ClF3NO2S/c16-13-7-6-12(23-13)11(21)5-4-9-2-1-3-10(8-9)20-14(22)15(17,18)19/h1-8H,(H,20,22)/b5-4+. The molecular weight excluding hydrogens is 351 g/mol. The molecule has 0 saturated carbocycles. The molecule has 1 aromatic heterocycles. The van der Waals surface area contributed by atoms with Crippen LogP contribution in [0.4, 0.5) is 18.9 Å². The summed E-state index contributed by atoms with van der Waals surface area (Å²) >= 11 is 6.87. The van der Waals surface area contributed by atoms with Gasteiger partial charge < -0.3 is 5.32 Å². The van der Waals surface area contributed by atoms with E-state index in [-0.39, 0.29) is 11.5 Å². The number of amides is 1. The van der Waals surface area contributed by atoms with Crippen molar-refractivity contribution in [3.05, 3.63) is 57.3 Å². The van der Waals surface area contributed by atoms with Gasteiger partial charge in [-0.3, -0.25) is 9.59 Å². The number of thiophene rings is 1. The van der Waals surface area contributed by atoms with Crippen LogP contribution in [0, 0.1) is 0 Å². The quantitative estimate of drug-likeness (QED) is 0.629. The van der Waals surface area contributed by atoms with Gasteiger partial charge in [0.25, 0.3) is 0 Å². The highest BCUT2D eigenvalue weighted by Crippen LogP contribution is 2.23. The molecule has 3 nitrogen and oxygen atoms in total. The fourth-order valence-corrected chi connectivity index (χ4v) is 2.59. The Morgan fingerprint density at radius 3 is 2.52 bits per heavy atom. The Labute approximate surface area is 138 Å². The SMILES string of the molecule is O=C(/C=C/c1cccc(NC(=O)C(F)(F)F)c1)c1ccc(Cl)s1. The monoisotopic (exact) mass is 359 g/mol. The second-order valence-electron chi connectivity index (χ2n) is 4.38. The first-order chi connectivity index (χ1) is 10.8. The van der Waals surface area contributed by atoms with Gasteiger partial charge in [-0.1, -0.05) is 29.8 Å². The first-order valence-corrected chi connectivity index (χ1v) is 7.41. The van der Waals surface area contributed by atoms with Crippen LogP contribution >= 0.6 is 22.9 Å². The second-order valence-corrected chi connectivity index (χ2v) is 6.09. The number of nitrogens with one attached hydrogen (secondary N) is 1. The van der Waals surface area contributed by atoms with E-state index in [9.17, 15) is 22.8 Å². The first kappa shape index (κ1) is 17.2. The number of benzene rings is 1. The Morgan fingerprint density at radius 1 is 1.17 bits per heavy atom. The number of hydrogen-bond acceptors (Lipinski definition) is 3. The van der Waals surface area contributed by atoms with E-state index in [2.05, 4.69) is 0 Å². The van der Waals surface area contributed by atoms with Crippen molar-refractivity contribution in [3.8, 4) is 0 Å². The molecule has 1 amide bonds. The van der Waals surface area contributed by atoms with Crippen LogP contribution in [0.15, 0.2) is 42.5 Å². The topological polar surface area (TPSA) is 46.2 Å². The number of allylic oxidation sites excluding steroid dienone is 1. The van der Waals surface area contributed by atoms with Crippen LogP contribution < -0.4 is 5.32 Å². The van der Waals surface area contributed by atoms with Gasteiger partial charge in [0, 0.05) is 5.69 Å². The van der Waals surface area contributed by atoms with Crippen LogP contribution in [-0.4, -0.2) is 17.9 Å². The van der Waals surface area contributed by atoms with Crippen LogP contribution in [-0.2, 0) is 4.79 Å². The number of hydrogen-bond donors (Lipinski definition) is 1. The van der Waals surface area contributed by atoms with Crippen molar-refractivity contribution < 1.29 is 22.8 Å². The summed E-state index contributed by atoms with van der Waals surface area (Å²) in [6.45, 7) is 0. The van der Waals surface area contributed by atoms with E-state index in [1.54, 1.807) is 23.5 Å². The molecule has 120 valence electrons. The fourth-order valence-electron chi connectivity index (χ4n) is 1.62. The Hall–Kier alpha value is -2.12. The average Bonchev–Trinajstić information content (AvgIpc) is 2.91. The van der Waals surface area contributed by atoms with Crippen molar-refractivity contribution in [2.45, 2.75) is 6.18 Å². The summed E-state index contributed by atoms with van der Waals surface area (Å²) in [5.74, 6) is -2.32. The van der Waals surface area contributed by atoms with Crippen LogP contribution in [0.2, 0.25) is 4.34 Å². The van der Waals surface area contributed by atoms with Gasteiger partial charge in [0.1, 0.15) is 0 Å². The molecule has 0 aliphatic carbocycles.